The minimum Gasteiger partial charge on any atom is -0.0619 e. The third kappa shape index (κ3) is 1.20. The highest BCUT2D eigenvalue weighted by Gasteiger charge is 2.20. The molecule has 0 spiro atoms. The molecular formula is C18H14. The normalized spacial score (nSPS) is 12.5. The Labute approximate surface area is 107 Å². The van der Waals surface area contributed by atoms with Gasteiger partial charge in [-0.1, -0.05) is 54.6 Å². The average Bonchev–Trinajstić information content (AvgIpc) is 2.97. The van der Waals surface area contributed by atoms with Crippen LogP contribution in [0.4, 0.5) is 0 Å². The van der Waals surface area contributed by atoms with Crippen LogP contribution in [0.1, 0.15) is 16.7 Å². The molecule has 18 heavy (non-hydrogen) atoms. The van der Waals surface area contributed by atoms with Gasteiger partial charge in [0.1, 0.15) is 0 Å². The molecule has 1 aromatic rings. The highest BCUT2D eigenvalue weighted by atomic mass is 14.2. The van der Waals surface area contributed by atoms with E-state index in [1.54, 1.807) is 0 Å². The summed E-state index contributed by atoms with van der Waals surface area (Å²) in [7, 11) is 0. The van der Waals surface area contributed by atoms with Crippen LogP contribution in [0.5, 0.6) is 0 Å². The van der Waals surface area contributed by atoms with E-state index in [9.17, 15) is 0 Å². The average molecular weight is 230 g/mol. The Hall–Kier alpha value is -2.08. The lowest BCUT2D eigenvalue weighted by Gasteiger charge is -2.02. The first-order chi connectivity index (χ1) is 8.84. The largest absolute Gasteiger partial charge is 0.0619 e. The van der Waals surface area contributed by atoms with E-state index in [2.05, 4.69) is 61.5 Å². The lowest BCUT2D eigenvalue weighted by molar-refractivity contribution is 1.23. The molecule has 0 bridgehead atoms. The third-order valence-corrected chi connectivity index (χ3v) is 4.14. The summed E-state index contributed by atoms with van der Waals surface area (Å²) in [5, 5.41) is 0. The summed E-state index contributed by atoms with van der Waals surface area (Å²) in [5.74, 6) is 0. The van der Waals surface area contributed by atoms with Crippen molar-refractivity contribution in [2.45, 2.75) is 13.3 Å². The predicted molar refractivity (Wildman–Crippen MR) is 76.0 cm³/mol. The van der Waals surface area contributed by atoms with Gasteiger partial charge in [-0.3, -0.25) is 0 Å². The first-order valence-corrected chi connectivity index (χ1v) is 6.44. The SMILES string of the molecule is Cc1c2cccc-2ccc2c1Cc1ccccc1-2. The van der Waals surface area contributed by atoms with Crippen LogP contribution >= 0.6 is 0 Å². The van der Waals surface area contributed by atoms with E-state index in [0.717, 1.165) is 6.42 Å². The van der Waals surface area contributed by atoms with Gasteiger partial charge in [0.2, 0.25) is 0 Å². The van der Waals surface area contributed by atoms with Crippen LogP contribution in [0.25, 0.3) is 22.3 Å². The number of rotatable bonds is 0. The first-order valence-electron chi connectivity index (χ1n) is 6.44. The fourth-order valence-corrected chi connectivity index (χ4v) is 3.17. The molecule has 0 atom stereocenters. The maximum atomic E-state index is 2.29. The first kappa shape index (κ1) is 9.90. The zero-order chi connectivity index (χ0) is 12.1. The minimum atomic E-state index is 1.08. The van der Waals surface area contributed by atoms with Gasteiger partial charge in [-0.15, -0.1) is 0 Å². The maximum absolute atomic E-state index is 2.29. The second-order valence-electron chi connectivity index (χ2n) is 5.08. The summed E-state index contributed by atoms with van der Waals surface area (Å²) in [6.45, 7) is 2.26. The van der Waals surface area contributed by atoms with E-state index in [1.165, 1.54) is 38.9 Å². The van der Waals surface area contributed by atoms with Crippen molar-refractivity contribution in [1.29, 1.82) is 0 Å². The Bertz CT molecular complexity index is 722. The number of hydrogen-bond acceptors (Lipinski definition) is 0. The molecule has 0 saturated heterocycles. The fourth-order valence-electron chi connectivity index (χ4n) is 3.17. The molecule has 0 heteroatoms. The molecule has 3 aliphatic carbocycles. The number of benzene rings is 1. The molecule has 0 aromatic heterocycles. The minimum absolute atomic E-state index is 1.08. The molecule has 86 valence electrons. The zero-order valence-electron chi connectivity index (χ0n) is 10.4. The zero-order valence-corrected chi connectivity index (χ0v) is 10.4. The fraction of sp³-hybridized carbons (Fsp3) is 0.111. The molecule has 0 saturated carbocycles. The van der Waals surface area contributed by atoms with Crippen molar-refractivity contribution in [3.63, 3.8) is 0 Å². The molecule has 0 fully saturated rings. The molecule has 0 heterocycles. The van der Waals surface area contributed by atoms with Crippen molar-refractivity contribution in [3.8, 4) is 22.3 Å². The van der Waals surface area contributed by atoms with Gasteiger partial charge in [0.05, 0.1) is 0 Å². The second-order valence-corrected chi connectivity index (χ2v) is 5.08. The summed E-state index contributed by atoms with van der Waals surface area (Å²) in [4.78, 5) is 0. The van der Waals surface area contributed by atoms with E-state index in [4.69, 9.17) is 0 Å². The summed E-state index contributed by atoms with van der Waals surface area (Å²) >= 11 is 0. The number of fused-ring (bicyclic) bond motifs is 4. The van der Waals surface area contributed by atoms with Crippen LogP contribution in [0.3, 0.4) is 0 Å². The molecule has 0 radical (unpaired) electrons. The summed E-state index contributed by atoms with van der Waals surface area (Å²) in [6.07, 6.45) is 1.08. The highest BCUT2D eigenvalue weighted by molar-refractivity contribution is 5.82. The van der Waals surface area contributed by atoms with Crippen molar-refractivity contribution >= 4 is 0 Å². The van der Waals surface area contributed by atoms with Crippen LogP contribution in [-0.2, 0) is 6.42 Å². The molecule has 1 aromatic carbocycles. The molecule has 0 unspecified atom stereocenters. The van der Waals surface area contributed by atoms with Crippen molar-refractivity contribution in [1.82, 2.24) is 0 Å². The van der Waals surface area contributed by atoms with E-state index in [0.29, 0.717) is 0 Å². The topological polar surface area (TPSA) is 0 Å². The molecule has 3 aliphatic rings. The Balaban J connectivity index is 2.10. The van der Waals surface area contributed by atoms with Crippen LogP contribution in [0.2, 0.25) is 0 Å². The van der Waals surface area contributed by atoms with Crippen molar-refractivity contribution in [2.24, 2.45) is 0 Å². The Morgan fingerprint density at radius 2 is 1.56 bits per heavy atom. The molecular weight excluding hydrogens is 216 g/mol. The summed E-state index contributed by atoms with van der Waals surface area (Å²) in [6, 6.07) is 19.9. The molecule has 0 amide bonds. The van der Waals surface area contributed by atoms with Crippen molar-refractivity contribution in [2.75, 3.05) is 0 Å². The Kier molecular flexibility index (Phi) is 1.90. The summed E-state index contributed by atoms with van der Waals surface area (Å²) < 4.78 is 0. The molecule has 4 rings (SSSR count). The van der Waals surface area contributed by atoms with Crippen molar-refractivity contribution < 1.29 is 0 Å². The van der Waals surface area contributed by atoms with E-state index < -0.39 is 0 Å². The van der Waals surface area contributed by atoms with Gasteiger partial charge in [0.15, 0.2) is 0 Å². The molecule has 0 nitrogen and oxygen atoms in total. The molecule has 0 N–H and O–H groups in total. The van der Waals surface area contributed by atoms with Gasteiger partial charge in [0.25, 0.3) is 0 Å². The standard InChI is InChI=1S/C18H14/c1-12-15-8-4-6-13(15)9-10-17-16-7-3-2-5-14(16)11-18(12)17/h2-10H,11H2,1H3. The van der Waals surface area contributed by atoms with Crippen LogP contribution in [0, 0.1) is 6.92 Å². The predicted octanol–water partition coefficient (Wildman–Crippen LogP) is 4.67. The highest BCUT2D eigenvalue weighted by Crippen LogP contribution is 2.41. The van der Waals surface area contributed by atoms with Gasteiger partial charge in [-0.2, -0.15) is 0 Å². The maximum Gasteiger partial charge on any atom is -0.00106 e. The van der Waals surface area contributed by atoms with Gasteiger partial charge in [-0.25, -0.2) is 0 Å². The lowest BCUT2D eigenvalue weighted by atomic mass is 10.0. The lowest BCUT2D eigenvalue weighted by Crippen LogP contribution is -1.85. The van der Waals surface area contributed by atoms with Crippen LogP contribution in [0.15, 0.2) is 54.6 Å². The monoisotopic (exact) mass is 230 g/mol. The quantitative estimate of drug-likeness (QED) is 0.412. The van der Waals surface area contributed by atoms with Crippen molar-refractivity contribution in [3.05, 3.63) is 71.3 Å². The second kappa shape index (κ2) is 3.46. The Morgan fingerprint density at radius 3 is 2.50 bits per heavy atom. The van der Waals surface area contributed by atoms with E-state index >= 15 is 0 Å². The molecule has 0 aliphatic heterocycles. The third-order valence-electron chi connectivity index (χ3n) is 4.14. The Morgan fingerprint density at radius 1 is 0.722 bits per heavy atom. The van der Waals surface area contributed by atoms with Gasteiger partial charge < -0.3 is 0 Å². The van der Waals surface area contributed by atoms with Gasteiger partial charge >= 0.3 is 0 Å². The van der Waals surface area contributed by atoms with Gasteiger partial charge in [0, 0.05) is 0 Å². The van der Waals surface area contributed by atoms with E-state index in [-0.39, 0.29) is 0 Å². The number of hydrogen-bond donors (Lipinski definition) is 0. The van der Waals surface area contributed by atoms with Gasteiger partial charge in [-0.05, 0) is 52.3 Å². The smallest absolute Gasteiger partial charge is 0.00106 e. The summed E-state index contributed by atoms with van der Waals surface area (Å²) in [5.41, 5.74) is 9.96. The van der Waals surface area contributed by atoms with E-state index in [1.807, 2.05) is 0 Å². The van der Waals surface area contributed by atoms with Crippen LogP contribution in [-0.4, -0.2) is 0 Å². The van der Waals surface area contributed by atoms with Crippen LogP contribution < -0.4 is 0 Å².